The molecule has 3 heteroatoms. The Balaban J connectivity index is 3.14. The zero-order valence-electron chi connectivity index (χ0n) is 6.09. The van der Waals surface area contributed by atoms with E-state index >= 15 is 0 Å². The Morgan fingerprint density at radius 2 is 2.20 bits per heavy atom. The summed E-state index contributed by atoms with van der Waals surface area (Å²) < 4.78 is 4.97. The first-order valence-corrected chi connectivity index (χ1v) is 3.08. The fourth-order valence-corrected chi connectivity index (χ4v) is 0.824. The highest BCUT2D eigenvalue weighted by Gasteiger charge is 1.99. The molecule has 0 saturated heterocycles. The van der Waals surface area contributed by atoms with Gasteiger partial charge in [0.2, 0.25) is 0 Å². The van der Waals surface area contributed by atoms with Gasteiger partial charge in [-0.3, -0.25) is 0 Å². The number of aromatic hydroxyl groups is 1. The van der Waals surface area contributed by atoms with Crippen LogP contribution in [0.25, 0.3) is 0 Å². The van der Waals surface area contributed by atoms with Crippen LogP contribution in [0.15, 0.2) is 18.2 Å². The SMILES string of the molecule is Bc1c(O)cccc1OC. The van der Waals surface area contributed by atoms with Crippen LogP contribution in [0, 0.1) is 0 Å². The van der Waals surface area contributed by atoms with Crippen LogP contribution in [-0.2, 0) is 0 Å². The van der Waals surface area contributed by atoms with Crippen LogP contribution >= 0.6 is 0 Å². The molecule has 1 aromatic rings. The molecule has 2 nitrogen and oxygen atoms in total. The molecule has 1 N–H and O–H groups in total. The van der Waals surface area contributed by atoms with Crippen molar-refractivity contribution in [3.8, 4) is 11.5 Å². The summed E-state index contributed by atoms with van der Waals surface area (Å²) in [7, 11) is 3.40. The first-order valence-electron chi connectivity index (χ1n) is 3.08. The summed E-state index contributed by atoms with van der Waals surface area (Å²) in [4.78, 5) is 0. The highest BCUT2D eigenvalue weighted by Crippen LogP contribution is 2.11. The van der Waals surface area contributed by atoms with Gasteiger partial charge in [0, 0.05) is 0 Å². The molecule has 0 spiro atoms. The van der Waals surface area contributed by atoms with Gasteiger partial charge in [-0.05, 0) is 17.6 Å². The Morgan fingerprint density at radius 3 is 2.70 bits per heavy atom. The molecule has 0 aliphatic carbocycles. The summed E-state index contributed by atoms with van der Waals surface area (Å²) in [6.07, 6.45) is 0. The van der Waals surface area contributed by atoms with E-state index in [0.29, 0.717) is 0 Å². The van der Waals surface area contributed by atoms with Gasteiger partial charge in [0.05, 0.1) is 7.11 Å². The zero-order chi connectivity index (χ0) is 7.56. The maximum Gasteiger partial charge on any atom is 0.149 e. The molecule has 0 heterocycles. The lowest BCUT2D eigenvalue weighted by atomic mass is 9.94. The fraction of sp³-hybridized carbons (Fsp3) is 0.143. The molecule has 0 amide bonds. The largest absolute Gasteiger partial charge is 0.508 e. The number of rotatable bonds is 1. The van der Waals surface area contributed by atoms with Gasteiger partial charge < -0.3 is 9.84 Å². The smallest absolute Gasteiger partial charge is 0.149 e. The van der Waals surface area contributed by atoms with Crippen molar-refractivity contribution in [1.29, 1.82) is 0 Å². The minimum Gasteiger partial charge on any atom is -0.508 e. The standard InChI is InChI=1S/C7H9BO2/c1-10-6-4-2-3-5(9)7(6)8/h2-4,9H,8H2,1H3. The molecular weight excluding hydrogens is 127 g/mol. The first kappa shape index (κ1) is 7.00. The lowest BCUT2D eigenvalue weighted by Crippen LogP contribution is -2.06. The van der Waals surface area contributed by atoms with Crippen LogP contribution in [-0.4, -0.2) is 20.1 Å². The van der Waals surface area contributed by atoms with Crippen LogP contribution in [0.2, 0.25) is 0 Å². The Kier molecular flexibility index (Phi) is 1.85. The zero-order valence-corrected chi connectivity index (χ0v) is 6.09. The normalized spacial score (nSPS) is 9.30. The molecule has 1 aromatic carbocycles. The average molecular weight is 136 g/mol. The van der Waals surface area contributed by atoms with E-state index in [9.17, 15) is 0 Å². The van der Waals surface area contributed by atoms with E-state index < -0.39 is 0 Å². The van der Waals surface area contributed by atoms with E-state index in [2.05, 4.69) is 0 Å². The van der Waals surface area contributed by atoms with E-state index in [4.69, 9.17) is 9.84 Å². The third-order valence-corrected chi connectivity index (χ3v) is 1.48. The highest BCUT2D eigenvalue weighted by molar-refractivity contribution is 6.36. The Bertz CT molecular complexity index is 235. The van der Waals surface area contributed by atoms with E-state index in [-0.39, 0.29) is 5.75 Å². The molecule has 0 aliphatic rings. The molecule has 0 saturated carbocycles. The van der Waals surface area contributed by atoms with Crippen molar-refractivity contribution in [3.05, 3.63) is 18.2 Å². The molecule has 0 atom stereocenters. The van der Waals surface area contributed by atoms with Crippen molar-refractivity contribution in [3.63, 3.8) is 0 Å². The van der Waals surface area contributed by atoms with Crippen LogP contribution in [0.5, 0.6) is 11.5 Å². The predicted molar refractivity (Wildman–Crippen MR) is 42.8 cm³/mol. The lowest BCUT2D eigenvalue weighted by Gasteiger charge is -2.04. The van der Waals surface area contributed by atoms with Gasteiger partial charge in [-0.25, -0.2) is 0 Å². The maximum atomic E-state index is 9.15. The van der Waals surface area contributed by atoms with Crippen molar-refractivity contribution < 1.29 is 9.84 Å². The summed E-state index contributed by atoms with van der Waals surface area (Å²) in [6, 6.07) is 5.20. The predicted octanol–water partition coefficient (Wildman–Crippen LogP) is -0.341. The van der Waals surface area contributed by atoms with Crippen molar-refractivity contribution >= 4 is 13.3 Å². The maximum absolute atomic E-state index is 9.15. The van der Waals surface area contributed by atoms with Crippen molar-refractivity contribution in [2.45, 2.75) is 0 Å². The van der Waals surface area contributed by atoms with Crippen LogP contribution in [0.4, 0.5) is 0 Å². The highest BCUT2D eigenvalue weighted by atomic mass is 16.5. The third-order valence-electron chi connectivity index (χ3n) is 1.48. The molecule has 0 aliphatic heterocycles. The second-order valence-electron chi connectivity index (χ2n) is 2.10. The molecule has 0 bridgehead atoms. The van der Waals surface area contributed by atoms with Gasteiger partial charge in [0.15, 0.2) is 0 Å². The van der Waals surface area contributed by atoms with Gasteiger partial charge >= 0.3 is 0 Å². The fourth-order valence-electron chi connectivity index (χ4n) is 0.824. The topological polar surface area (TPSA) is 29.5 Å². The van der Waals surface area contributed by atoms with Gasteiger partial charge in [0.1, 0.15) is 19.3 Å². The number of benzene rings is 1. The van der Waals surface area contributed by atoms with Crippen LogP contribution < -0.4 is 10.2 Å². The Hall–Kier alpha value is -1.12. The van der Waals surface area contributed by atoms with E-state index in [1.165, 1.54) is 0 Å². The molecule has 0 radical (unpaired) electrons. The van der Waals surface area contributed by atoms with E-state index in [0.717, 1.165) is 11.2 Å². The molecule has 0 aromatic heterocycles. The third kappa shape index (κ3) is 1.08. The van der Waals surface area contributed by atoms with E-state index in [1.807, 2.05) is 13.9 Å². The molecular formula is C7H9BO2. The molecule has 10 heavy (non-hydrogen) atoms. The molecule has 52 valence electrons. The average Bonchev–Trinajstić information content (AvgIpc) is 1.95. The van der Waals surface area contributed by atoms with Crippen LogP contribution in [0.3, 0.4) is 0 Å². The van der Waals surface area contributed by atoms with Gasteiger partial charge in [-0.2, -0.15) is 0 Å². The lowest BCUT2D eigenvalue weighted by molar-refractivity contribution is 0.413. The summed E-state index contributed by atoms with van der Waals surface area (Å²) in [5.41, 5.74) is 0.782. The van der Waals surface area contributed by atoms with Gasteiger partial charge in [-0.1, -0.05) is 6.07 Å². The number of methoxy groups -OCH3 is 1. The number of ether oxygens (including phenoxy) is 1. The second-order valence-corrected chi connectivity index (χ2v) is 2.10. The first-order chi connectivity index (χ1) is 4.75. The number of hydrogen-bond acceptors (Lipinski definition) is 2. The Labute approximate surface area is 60.9 Å². The molecule has 0 fully saturated rings. The van der Waals surface area contributed by atoms with Crippen LogP contribution in [0.1, 0.15) is 0 Å². The number of hydrogen-bond donors (Lipinski definition) is 1. The van der Waals surface area contributed by atoms with E-state index in [1.54, 1.807) is 19.2 Å². The minimum atomic E-state index is 0.277. The summed E-state index contributed by atoms with van der Waals surface area (Å²) in [5, 5.41) is 9.15. The van der Waals surface area contributed by atoms with Crippen molar-refractivity contribution in [2.24, 2.45) is 0 Å². The monoisotopic (exact) mass is 136 g/mol. The Morgan fingerprint density at radius 1 is 1.50 bits per heavy atom. The number of phenolic OH excluding ortho intramolecular Hbond substituents is 1. The second kappa shape index (κ2) is 2.65. The summed E-state index contributed by atoms with van der Waals surface area (Å²) in [6.45, 7) is 0. The minimum absolute atomic E-state index is 0.277. The molecule has 1 rings (SSSR count). The van der Waals surface area contributed by atoms with Crippen molar-refractivity contribution in [2.75, 3.05) is 7.11 Å². The summed E-state index contributed by atoms with van der Waals surface area (Å²) >= 11 is 0. The summed E-state index contributed by atoms with van der Waals surface area (Å²) in [5.74, 6) is 0.999. The number of phenols is 1. The molecule has 0 unspecified atom stereocenters. The van der Waals surface area contributed by atoms with Gasteiger partial charge in [0.25, 0.3) is 0 Å². The van der Waals surface area contributed by atoms with Gasteiger partial charge in [-0.15, -0.1) is 0 Å². The quantitative estimate of drug-likeness (QED) is 0.535. The van der Waals surface area contributed by atoms with Crippen molar-refractivity contribution in [1.82, 2.24) is 0 Å².